The first-order chi connectivity index (χ1) is 8.72. The first kappa shape index (κ1) is 13.1. The molecule has 3 N–H and O–H groups in total. The third-order valence-corrected chi connectivity index (χ3v) is 3.71. The Morgan fingerprint density at radius 1 is 1.39 bits per heavy atom. The van der Waals surface area contributed by atoms with Crippen LogP contribution < -0.4 is 5.73 Å². The highest BCUT2D eigenvalue weighted by Crippen LogP contribution is 2.22. The van der Waals surface area contributed by atoms with Gasteiger partial charge in [-0.05, 0) is 32.1 Å². The van der Waals surface area contributed by atoms with Crippen LogP contribution in [0.25, 0.3) is 0 Å². The van der Waals surface area contributed by atoms with E-state index in [0.717, 1.165) is 38.7 Å². The fraction of sp³-hybridized carbons (Fsp3) is 0.833. The lowest BCUT2D eigenvalue weighted by atomic mass is 10.1. The van der Waals surface area contributed by atoms with E-state index in [1.165, 1.54) is 0 Å². The summed E-state index contributed by atoms with van der Waals surface area (Å²) in [5, 5.41) is 11.7. The lowest BCUT2D eigenvalue weighted by molar-refractivity contribution is -0.134. The van der Waals surface area contributed by atoms with Crippen molar-refractivity contribution in [3.8, 4) is 0 Å². The van der Waals surface area contributed by atoms with Gasteiger partial charge in [-0.3, -0.25) is 4.79 Å². The number of hydrogen-bond donors (Lipinski definition) is 2. The summed E-state index contributed by atoms with van der Waals surface area (Å²) >= 11 is 0. The minimum absolute atomic E-state index is 0.0415. The van der Waals surface area contributed by atoms with Crippen molar-refractivity contribution >= 4 is 11.7 Å². The molecule has 2 rings (SSSR count). The van der Waals surface area contributed by atoms with Crippen LogP contribution in [0, 0.1) is 0 Å². The largest absolute Gasteiger partial charge is 0.409 e. The molecule has 0 spiro atoms. The Hall–Kier alpha value is -1.30. The van der Waals surface area contributed by atoms with Crippen LogP contribution in [-0.4, -0.2) is 47.1 Å². The number of likely N-dealkylation sites (tertiary alicyclic amines) is 1. The van der Waals surface area contributed by atoms with Gasteiger partial charge in [-0.25, -0.2) is 0 Å². The molecule has 2 aliphatic rings. The van der Waals surface area contributed by atoms with Crippen LogP contribution in [0.4, 0.5) is 0 Å². The zero-order valence-electron chi connectivity index (χ0n) is 10.5. The second-order valence-corrected chi connectivity index (χ2v) is 4.96. The van der Waals surface area contributed by atoms with Crippen LogP contribution in [0.15, 0.2) is 5.16 Å². The first-order valence-electron chi connectivity index (χ1n) is 6.61. The van der Waals surface area contributed by atoms with E-state index < -0.39 is 0 Å². The Bertz CT molecular complexity index is 327. The SMILES string of the molecule is NC(=NO)C1CCCN1C(=O)CC1CCCCO1. The molecule has 0 bridgehead atoms. The Morgan fingerprint density at radius 3 is 2.89 bits per heavy atom. The second kappa shape index (κ2) is 6.04. The molecule has 2 heterocycles. The maximum Gasteiger partial charge on any atom is 0.225 e. The quantitative estimate of drug-likeness (QED) is 0.336. The molecule has 102 valence electrons. The van der Waals surface area contributed by atoms with Crippen molar-refractivity contribution in [3.05, 3.63) is 0 Å². The number of ether oxygens (including phenoxy) is 1. The highest BCUT2D eigenvalue weighted by Gasteiger charge is 2.33. The van der Waals surface area contributed by atoms with Crippen molar-refractivity contribution < 1.29 is 14.7 Å². The number of amides is 1. The molecule has 0 aromatic carbocycles. The second-order valence-electron chi connectivity index (χ2n) is 4.96. The van der Waals surface area contributed by atoms with Crippen molar-refractivity contribution in [2.24, 2.45) is 10.9 Å². The third kappa shape index (κ3) is 2.93. The van der Waals surface area contributed by atoms with Crippen molar-refractivity contribution in [1.29, 1.82) is 0 Å². The molecule has 1 amide bonds. The van der Waals surface area contributed by atoms with E-state index in [4.69, 9.17) is 15.7 Å². The van der Waals surface area contributed by atoms with Gasteiger partial charge in [-0.1, -0.05) is 5.16 Å². The Morgan fingerprint density at radius 2 is 2.22 bits per heavy atom. The van der Waals surface area contributed by atoms with Crippen molar-refractivity contribution in [1.82, 2.24) is 4.90 Å². The maximum atomic E-state index is 12.2. The number of nitrogens with two attached hydrogens (primary N) is 1. The minimum Gasteiger partial charge on any atom is -0.409 e. The Kier molecular flexibility index (Phi) is 4.41. The fourth-order valence-electron chi connectivity index (χ4n) is 2.72. The molecule has 2 atom stereocenters. The predicted octanol–water partition coefficient (Wildman–Crippen LogP) is 0.683. The van der Waals surface area contributed by atoms with Crippen molar-refractivity contribution in [2.45, 2.75) is 50.7 Å². The average molecular weight is 255 g/mol. The monoisotopic (exact) mass is 255 g/mol. The van der Waals surface area contributed by atoms with Gasteiger partial charge >= 0.3 is 0 Å². The molecular weight excluding hydrogens is 234 g/mol. The van der Waals surface area contributed by atoms with Gasteiger partial charge in [0.15, 0.2) is 5.84 Å². The van der Waals surface area contributed by atoms with E-state index in [-0.39, 0.29) is 23.9 Å². The van der Waals surface area contributed by atoms with Crippen LogP contribution >= 0.6 is 0 Å². The van der Waals surface area contributed by atoms with Gasteiger partial charge < -0.3 is 20.6 Å². The number of oxime groups is 1. The summed E-state index contributed by atoms with van der Waals surface area (Å²) < 4.78 is 5.57. The molecule has 0 saturated carbocycles. The normalized spacial score (nSPS) is 29.6. The van der Waals surface area contributed by atoms with E-state index in [1.54, 1.807) is 4.90 Å². The zero-order chi connectivity index (χ0) is 13.0. The van der Waals surface area contributed by atoms with Gasteiger partial charge in [0, 0.05) is 13.2 Å². The van der Waals surface area contributed by atoms with Gasteiger partial charge in [0.05, 0.1) is 18.6 Å². The van der Waals surface area contributed by atoms with Crippen LogP contribution in [0.5, 0.6) is 0 Å². The molecule has 2 saturated heterocycles. The Balaban J connectivity index is 1.91. The number of rotatable bonds is 3. The Labute approximate surface area is 107 Å². The van der Waals surface area contributed by atoms with Gasteiger partial charge in [0.1, 0.15) is 0 Å². The molecular formula is C12H21N3O3. The van der Waals surface area contributed by atoms with E-state index in [2.05, 4.69) is 5.16 Å². The summed E-state index contributed by atoms with van der Waals surface area (Å²) in [6.45, 7) is 1.44. The number of carbonyl (C=O) groups is 1. The fourth-order valence-corrected chi connectivity index (χ4v) is 2.72. The van der Waals surface area contributed by atoms with E-state index in [0.29, 0.717) is 13.0 Å². The van der Waals surface area contributed by atoms with Crippen molar-refractivity contribution in [2.75, 3.05) is 13.2 Å². The maximum absolute atomic E-state index is 12.2. The predicted molar refractivity (Wildman–Crippen MR) is 66.4 cm³/mol. The summed E-state index contributed by atoms with van der Waals surface area (Å²) in [4.78, 5) is 13.9. The molecule has 0 aliphatic carbocycles. The molecule has 0 aromatic heterocycles. The smallest absolute Gasteiger partial charge is 0.225 e. The molecule has 2 fully saturated rings. The molecule has 2 aliphatic heterocycles. The standard InChI is InChI=1S/C12H21N3O3/c13-12(14-17)10-5-3-6-15(10)11(16)8-9-4-1-2-7-18-9/h9-10,17H,1-8H2,(H2,13,14). The van der Waals surface area contributed by atoms with Crippen LogP contribution in [-0.2, 0) is 9.53 Å². The number of amidine groups is 1. The number of carbonyl (C=O) groups excluding carboxylic acids is 1. The van der Waals surface area contributed by atoms with Crippen LogP contribution in [0.1, 0.15) is 38.5 Å². The molecule has 0 aromatic rings. The highest BCUT2D eigenvalue weighted by atomic mass is 16.5. The summed E-state index contributed by atoms with van der Waals surface area (Å²) in [6, 6.07) is -0.244. The summed E-state index contributed by atoms with van der Waals surface area (Å²) in [5.41, 5.74) is 5.61. The third-order valence-electron chi connectivity index (χ3n) is 3.71. The lowest BCUT2D eigenvalue weighted by Gasteiger charge is -2.27. The van der Waals surface area contributed by atoms with Crippen LogP contribution in [0.2, 0.25) is 0 Å². The lowest BCUT2D eigenvalue weighted by Crippen LogP contribution is -2.45. The van der Waals surface area contributed by atoms with E-state index in [1.807, 2.05) is 0 Å². The molecule has 6 nitrogen and oxygen atoms in total. The average Bonchev–Trinajstić information content (AvgIpc) is 2.88. The molecule has 6 heteroatoms. The van der Waals surface area contributed by atoms with E-state index in [9.17, 15) is 4.79 Å². The van der Waals surface area contributed by atoms with Gasteiger partial charge in [-0.15, -0.1) is 0 Å². The van der Waals surface area contributed by atoms with Gasteiger partial charge in [0.2, 0.25) is 5.91 Å². The molecule has 2 unspecified atom stereocenters. The minimum atomic E-state index is -0.244. The summed E-state index contributed by atoms with van der Waals surface area (Å²) in [5.74, 6) is 0.182. The highest BCUT2D eigenvalue weighted by molar-refractivity contribution is 5.90. The molecule has 18 heavy (non-hydrogen) atoms. The first-order valence-corrected chi connectivity index (χ1v) is 6.61. The topological polar surface area (TPSA) is 88.2 Å². The summed E-state index contributed by atoms with van der Waals surface area (Å²) in [6.07, 6.45) is 5.29. The summed E-state index contributed by atoms with van der Waals surface area (Å²) in [7, 11) is 0. The molecule has 0 radical (unpaired) electrons. The van der Waals surface area contributed by atoms with Gasteiger partial charge in [-0.2, -0.15) is 0 Å². The zero-order valence-corrected chi connectivity index (χ0v) is 10.5. The van der Waals surface area contributed by atoms with E-state index >= 15 is 0 Å². The number of nitrogens with zero attached hydrogens (tertiary/aromatic N) is 2. The van der Waals surface area contributed by atoms with Gasteiger partial charge in [0.25, 0.3) is 0 Å². The van der Waals surface area contributed by atoms with Crippen LogP contribution in [0.3, 0.4) is 0 Å². The van der Waals surface area contributed by atoms with Crippen molar-refractivity contribution in [3.63, 3.8) is 0 Å². The number of hydrogen-bond acceptors (Lipinski definition) is 4.